The summed E-state index contributed by atoms with van der Waals surface area (Å²) < 4.78 is 0. The summed E-state index contributed by atoms with van der Waals surface area (Å²) in [4.78, 5) is 0. The van der Waals surface area contributed by atoms with E-state index in [2.05, 4.69) is 18.7 Å². The molecule has 0 aliphatic carbocycles. The van der Waals surface area contributed by atoms with Gasteiger partial charge in [-0.2, -0.15) is 0 Å². The van der Waals surface area contributed by atoms with Gasteiger partial charge in [-0.15, -0.1) is 6.58 Å². The van der Waals surface area contributed by atoms with Crippen LogP contribution in [0.5, 0.6) is 0 Å². The van der Waals surface area contributed by atoms with Gasteiger partial charge in [-0.3, -0.25) is 0 Å². The van der Waals surface area contributed by atoms with Gasteiger partial charge in [0, 0.05) is 0 Å². The highest BCUT2D eigenvalue weighted by Crippen LogP contribution is 2.10. The van der Waals surface area contributed by atoms with E-state index in [-0.39, 0.29) is 6.10 Å². The molecule has 0 aromatic heterocycles. The maximum atomic E-state index is 9.62. The Balaban J connectivity index is 2.30. The molecule has 1 aromatic rings. The number of hydrogen-bond donors (Lipinski definition) is 1. The van der Waals surface area contributed by atoms with Crippen LogP contribution in [0, 0.1) is 0 Å². The molecule has 1 rings (SSSR count). The number of aryl methyl sites for hydroxylation is 1. The lowest BCUT2D eigenvalue weighted by atomic mass is 10.0. The quantitative estimate of drug-likeness (QED) is 0.708. The fourth-order valence-corrected chi connectivity index (χ4v) is 1.48. The zero-order valence-electron chi connectivity index (χ0n) is 8.74. The molecule has 0 saturated heterocycles. The Hall–Kier alpha value is -1.08. The van der Waals surface area contributed by atoms with Gasteiger partial charge in [0.2, 0.25) is 0 Å². The lowest BCUT2D eigenvalue weighted by Gasteiger charge is -2.09. The number of rotatable bonds is 5. The van der Waals surface area contributed by atoms with Crippen LogP contribution in [0.4, 0.5) is 0 Å². The van der Waals surface area contributed by atoms with Crippen LogP contribution in [0.3, 0.4) is 0 Å². The van der Waals surface area contributed by atoms with Crippen LogP contribution in [0.1, 0.15) is 25.3 Å². The minimum absolute atomic E-state index is 0.243. The summed E-state index contributed by atoms with van der Waals surface area (Å²) >= 11 is 0. The summed E-state index contributed by atoms with van der Waals surface area (Å²) in [6, 6.07) is 10.2. The Kier molecular flexibility index (Phi) is 4.41. The molecule has 14 heavy (non-hydrogen) atoms. The summed E-state index contributed by atoms with van der Waals surface area (Å²) in [6.07, 6.45) is 2.23. The molecule has 0 radical (unpaired) electrons. The number of benzene rings is 1. The van der Waals surface area contributed by atoms with Gasteiger partial charge in [0.25, 0.3) is 0 Å². The molecule has 0 heterocycles. The zero-order chi connectivity index (χ0) is 10.4. The van der Waals surface area contributed by atoms with Gasteiger partial charge in [0.15, 0.2) is 0 Å². The van der Waals surface area contributed by atoms with Crippen molar-refractivity contribution in [1.82, 2.24) is 0 Å². The molecule has 0 aliphatic heterocycles. The first-order valence-electron chi connectivity index (χ1n) is 5.05. The van der Waals surface area contributed by atoms with Crippen LogP contribution in [-0.4, -0.2) is 11.2 Å². The zero-order valence-corrected chi connectivity index (χ0v) is 8.74. The molecular weight excluding hydrogens is 172 g/mol. The monoisotopic (exact) mass is 190 g/mol. The van der Waals surface area contributed by atoms with Crippen LogP contribution in [0.2, 0.25) is 0 Å². The molecule has 0 aliphatic rings. The lowest BCUT2D eigenvalue weighted by Crippen LogP contribution is -2.07. The molecule has 0 amide bonds. The van der Waals surface area contributed by atoms with E-state index in [0.29, 0.717) is 6.42 Å². The Labute approximate surface area is 86.1 Å². The van der Waals surface area contributed by atoms with Gasteiger partial charge in [0.1, 0.15) is 0 Å². The summed E-state index contributed by atoms with van der Waals surface area (Å²) in [5.41, 5.74) is 2.33. The maximum absolute atomic E-state index is 9.62. The van der Waals surface area contributed by atoms with Crippen molar-refractivity contribution in [1.29, 1.82) is 0 Å². The Morgan fingerprint density at radius 1 is 1.36 bits per heavy atom. The van der Waals surface area contributed by atoms with Gasteiger partial charge >= 0.3 is 0 Å². The van der Waals surface area contributed by atoms with Crippen molar-refractivity contribution in [2.45, 2.75) is 32.3 Å². The minimum atomic E-state index is -0.243. The number of aliphatic hydroxyl groups is 1. The van der Waals surface area contributed by atoms with Gasteiger partial charge in [-0.1, -0.05) is 35.9 Å². The topological polar surface area (TPSA) is 20.2 Å². The fourth-order valence-electron chi connectivity index (χ4n) is 1.48. The van der Waals surface area contributed by atoms with Crippen LogP contribution >= 0.6 is 0 Å². The van der Waals surface area contributed by atoms with Crippen molar-refractivity contribution < 1.29 is 5.11 Å². The molecule has 0 bridgehead atoms. The van der Waals surface area contributed by atoms with E-state index in [1.807, 2.05) is 25.1 Å². The second kappa shape index (κ2) is 5.61. The second-order valence-electron chi connectivity index (χ2n) is 3.84. The highest BCUT2D eigenvalue weighted by molar-refractivity contribution is 5.14. The molecule has 0 fully saturated rings. The molecule has 1 atom stereocenters. The molecule has 1 N–H and O–H groups in total. The van der Waals surface area contributed by atoms with Gasteiger partial charge in [-0.05, 0) is 31.7 Å². The molecule has 76 valence electrons. The van der Waals surface area contributed by atoms with Crippen molar-refractivity contribution in [3.8, 4) is 0 Å². The van der Waals surface area contributed by atoms with E-state index in [9.17, 15) is 5.11 Å². The van der Waals surface area contributed by atoms with Crippen LogP contribution in [-0.2, 0) is 6.42 Å². The third-order valence-corrected chi connectivity index (χ3v) is 2.19. The predicted octanol–water partition coefficient (Wildman–Crippen LogP) is 2.95. The average molecular weight is 190 g/mol. The van der Waals surface area contributed by atoms with Crippen LogP contribution < -0.4 is 0 Å². The summed E-state index contributed by atoms with van der Waals surface area (Å²) in [6.45, 7) is 5.74. The second-order valence-corrected chi connectivity index (χ2v) is 3.84. The van der Waals surface area contributed by atoms with E-state index >= 15 is 0 Å². The molecule has 0 unspecified atom stereocenters. The number of hydrogen-bond acceptors (Lipinski definition) is 1. The largest absolute Gasteiger partial charge is 0.393 e. The summed E-state index contributed by atoms with van der Waals surface area (Å²) in [5, 5.41) is 9.62. The predicted molar refractivity (Wildman–Crippen MR) is 60.2 cm³/mol. The minimum Gasteiger partial charge on any atom is -0.393 e. The summed E-state index contributed by atoms with van der Waals surface area (Å²) in [7, 11) is 0. The summed E-state index contributed by atoms with van der Waals surface area (Å²) in [5.74, 6) is 0. The smallest absolute Gasteiger partial charge is 0.0580 e. The Morgan fingerprint density at radius 2 is 2.00 bits per heavy atom. The van der Waals surface area contributed by atoms with Crippen molar-refractivity contribution >= 4 is 0 Å². The van der Waals surface area contributed by atoms with E-state index in [1.165, 1.54) is 5.56 Å². The van der Waals surface area contributed by atoms with Crippen molar-refractivity contribution in [3.63, 3.8) is 0 Å². The third-order valence-electron chi connectivity index (χ3n) is 2.19. The molecule has 1 nitrogen and oxygen atoms in total. The maximum Gasteiger partial charge on any atom is 0.0580 e. The average Bonchev–Trinajstić information content (AvgIpc) is 2.15. The standard InChI is InChI=1S/C13H18O/c1-11(2)10-13(14)9-8-12-6-4-3-5-7-12/h3-7,13-14H,1,8-10H2,2H3/t13-/m1/s1. The normalized spacial score (nSPS) is 12.4. The number of aliphatic hydroxyl groups excluding tert-OH is 1. The van der Waals surface area contributed by atoms with E-state index in [1.54, 1.807) is 0 Å². The molecular formula is C13H18O. The Bertz CT molecular complexity index is 277. The van der Waals surface area contributed by atoms with Crippen LogP contribution in [0.25, 0.3) is 0 Å². The molecule has 0 spiro atoms. The van der Waals surface area contributed by atoms with E-state index < -0.39 is 0 Å². The highest BCUT2D eigenvalue weighted by atomic mass is 16.3. The molecule has 1 heteroatoms. The van der Waals surface area contributed by atoms with Crippen molar-refractivity contribution in [3.05, 3.63) is 48.0 Å². The first-order valence-corrected chi connectivity index (χ1v) is 5.05. The van der Waals surface area contributed by atoms with Crippen molar-refractivity contribution in [2.24, 2.45) is 0 Å². The SMILES string of the molecule is C=C(C)C[C@H](O)CCc1ccccc1. The molecule has 0 saturated carbocycles. The van der Waals surface area contributed by atoms with E-state index in [4.69, 9.17) is 0 Å². The first-order chi connectivity index (χ1) is 6.68. The first kappa shape index (κ1) is 11.0. The fraction of sp³-hybridized carbons (Fsp3) is 0.385. The van der Waals surface area contributed by atoms with Crippen molar-refractivity contribution in [2.75, 3.05) is 0 Å². The molecule has 1 aromatic carbocycles. The van der Waals surface area contributed by atoms with Gasteiger partial charge in [-0.25, -0.2) is 0 Å². The van der Waals surface area contributed by atoms with E-state index in [0.717, 1.165) is 18.4 Å². The third kappa shape index (κ3) is 4.24. The van der Waals surface area contributed by atoms with Crippen LogP contribution in [0.15, 0.2) is 42.5 Å². The van der Waals surface area contributed by atoms with Gasteiger partial charge in [0.05, 0.1) is 6.10 Å². The Morgan fingerprint density at radius 3 is 2.57 bits per heavy atom. The lowest BCUT2D eigenvalue weighted by molar-refractivity contribution is 0.165. The van der Waals surface area contributed by atoms with Gasteiger partial charge < -0.3 is 5.11 Å². The highest BCUT2D eigenvalue weighted by Gasteiger charge is 2.04.